The van der Waals surface area contributed by atoms with E-state index in [1.165, 1.54) is 4.31 Å². The number of nitrogens with zero attached hydrogens (tertiary/aromatic N) is 1. The number of sulfonamides is 1. The topological polar surface area (TPSA) is 84.9 Å². The molecule has 1 aliphatic heterocycles. The Balaban J connectivity index is 1.70. The third kappa shape index (κ3) is 4.76. The molecule has 1 heterocycles. The molecule has 1 aliphatic rings. The van der Waals surface area contributed by atoms with E-state index in [1.807, 2.05) is 42.5 Å². The minimum Gasteiger partial charge on any atom is -0.493 e. The van der Waals surface area contributed by atoms with E-state index in [0.717, 1.165) is 16.7 Å². The molecular weight excluding hydrogens is 404 g/mol. The summed E-state index contributed by atoms with van der Waals surface area (Å²) in [5.74, 6) is 0.962. The first-order valence-corrected chi connectivity index (χ1v) is 11.6. The monoisotopic (exact) mass is 432 g/mol. The van der Waals surface area contributed by atoms with Gasteiger partial charge in [-0.1, -0.05) is 30.3 Å². The lowest BCUT2D eigenvalue weighted by molar-refractivity contribution is -0.125. The lowest BCUT2D eigenvalue weighted by Gasteiger charge is -2.34. The predicted molar refractivity (Wildman–Crippen MR) is 115 cm³/mol. The number of carbonyl (C=O) groups excluding carboxylic acids is 1. The van der Waals surface area contributed by atoms with Crippen molar-refractivity contribution >= 4 is 15.9 Å². The van der Waals surface area contributed by atoms with Crippen molar-refractivity contribution in [3.05, 3.63) is 59.2 Å². The van der Waals surface area contributed by atoms with Crippen molar-refractivity contribution < 1.29 is 22.7 Å². The summed E-state index contributed by atoms with van der Waals surface area (Å²) in [5.41, 5.74) is 2.95. The van der Waals surface area contributed by atoms with Crippen molar-refractivity contribution in [2.75, 3.05) is 26.5 Å². The van der Waals surface area contributed by atoms with Gasteiger partial charge in [0.1, 0.15) is 6.04 Å². The summed E-state index contributed by atoms with van der Waals surface area (Å²) in [7, 11) is -0.354. The Hall–Kier alpha value is -2.58. The Morgan fingerprint density at radius 3 is 2.47 bits per heavy atom. The van der Waals surface area contributed by atoms with Crippen LogP contribution in [0.25, 0.3) is 0 Å². The first-order valence-electron chi connectivity index (χ1n) is 9.94. The van der Waals surface area contributed by atoms with Crippen LogP contribution in [-0.4, -0.2) is 51.2 Å². The zero-order valence-electron chi connectivity index (χ0n) is 17.6. The summed E-state index contributed by atoms with van der Waals surface area (Å²) in [6.07, 6.45) is 0.966. The van der Waals surface area contributed by atoms with E-state index in [4.69, 9.17) is 9.47 Å². The van der Waals surface area contributed by atoms with Gasteiger partial charge < -0.3 is 14.8 Å². The lowest BCUT2D eigenvalue weighted by atomic mass is 9.95. The first-order chi connectivity index (χ1) is 14.4. The molecule has 1 amide bonds. The van der Waals surface area contributed by atoms with Crippen LogP contribution in [-0.2, 0) is 34.2 Å². The number of rotatable bonds is 8. The normalized spacial score (nSPS) is 16.6. The van der Waals surface area contributed by atoms with Crippen LogP contribution in [0.3, 0.4) is 0 Å². The number of ether oxygens (including phenoxy) is 2. The highest BCUT2D eigenvalue weighted by molar-refractivity contribution is 7.89. The summed E-state index contributed by atoms with van der Waals surface area (Å²) in [6.45, 7) is 2.22. The second-order valence-electron chi connectivity index (χ2n) is 7.16. The van der Waals surface area contributed by atoms with Gasteiger partial charge >= 0.3 is 0 Å². The van der Waals surface area contributed by atoms with Crippen molar-refractivity contribution in [3.8, 4) is 11.5 Å². The molecule has 30 heavy (non-hydrogen) atoms. The third-order valence-electron chi connectivity index (χ3n) is 5.39. The van der Waals surface area contributed by atoms with E-state index >= 15 is 0 Å². The molecule has 8 heteroatoms. The number of hydrogen-bond donors (Lipinski definition) is 1. The van der Waals surface area contributed by atoms with Gasteiger partial charge in [0.25, 0.3) is 0 Å². The van der Waals surface area contributed by atoms with Gasteiger partial charge in [-0.3, -0.25) is 4.79 Å². The molecule has 3 rings (SSSR count). The summed E-state index contributed by atoms with van der Waals surface area (Å²) >= 11 is 0. The van der Waals surface area contributed by atoms with Crippen molar-refractivity contribution in [2.45, 2.75) is 32.4 Å². The average molecular weight is 433 g/mol. The molecular formula is C22H28N2O5S. The summed E-state index contributed by atoms with van der Waals surface area (Å²) in [5, 5.41) is 2.91. The second kappa shape index (κ2) is 9.49. The standard InChI is InChI=1S/C22H28N2O5S/c1-4-30(26,27)24-15-18-8-6-5-7-17(18)14-19(24)22(25)23-12-11-16-9-10-20(28-2)21(13-16)29-3/h5-10,13,19H,4,11-12,14-15H2,1-3H3,(H,23,25). The van der Waals surface area contributed by atoms with Gasteiger partial charge in [-0.05, 0) is 48.6 Å². The maximum Gasteiger partial charge on any atom is 0.238 e. The van der Waals surface area contributed by atoms with Crippen LogP contribution in [0.4, 0.5) is 0 Å². The maximum absolute atomic E-state index is 12.9. The zero-order valence-corrected chi connectivity index (χ0v) is 18.4. The van der Waals surface area contributed by atoms with Gasteiger partial charge in [0.2, 0.25) is 15.9 Å². The number of carbonyl (C=O) groups is 1. The van der Waals surface area contributed by atoms with Crippen LogP contribution in [0.2, 0.25) is 0 Å². The maximum atomic E-state index is 12.9. The largest absolute Gasteiger partial charge is 0.493 e. The summed E-state index contributed by atoms with van der Waals surface area (Å²) in [6, 6.07) is 12.5. The van der Waals surface area contributed by atoms with Gasteiger partial charge in [0, 0.05) is 13.1 Å². The fourth-order valence-corrected chi connectivity index (χ4v) is 4.89. The Morgan fingerprint density at radius 1 is 1.10 bits per heavy atom. The number of fused-ring (bicyclic) bond motifs is 1. The van der Waals surface area contributed by atoms with E-state index in [2.05, 4.69) is 5.32 Å². The summed E-state index contributed by atoms with van der Waals surface area (Å²) in [4.78, 5) is 12.9. The van der Waals surface area contributed by atoms with Crippen LogP contribution in [0.15, 0.2) is 42.5 Å². The van der Waals surface area contributed by atoms with Gasteiger partial charge in [-0.2, -0.15) is 4.31 Å². The van der Waals surface area contributed by atoms with E-state index < -0.39 is 16.1 Å². The summed E-state index contributed by atoms with van der Waals surface area (Å²) < 4.78 is 37.1. The minimum absolute atomic E-state index is 0.0371. The second-order valence-corrected chi connectivity index (χ2v) is 9.37. The molecule has 0 radical (unpaired) electrons. The molecule has 1 unspecified atom stereocenters. The Morgan fingerprint density at radius 2 is 1.80 bits per heavy atom. The number of methoxy groups -OCH3 is 2. The molecule has 0 saturated carbocycles. The van der Waals surface area contributed by atoms with E-state index in [0.29, 0.717) is 30.9 Å². The number of nitrogens with one attached hydrogen (secondary N) is 1. The van der Waals surface area contributed by atoms with Crippen molar-refractivity contribution in [1.82, 2.24) is 9.62 Å². The van der Waals surface area contributed by atoms with Crippen LogP contribution in [0, 0.1) is 0 Å². The smallest absolute Gasteiger partial charge is 0.238 e. The number of benzene rings is 2. The SMILES string of the molecule is CCS(=O)(=O)N1Cc2ccccc2CC1C(=O)NCCc1ccc(OC)c(OC)c1. The van der Waals surface area contributed by atoms with Crippen molar-refractivity contribution in [2.24, 2.45) is 0 Å². The van der Waals surface area contributed by atoms with E-state index in [9.17, 15) is 13.2 Å². The fourth-order valence-electron chi connectivity index (χ4n) is 3.66. The molecule has 2 aromatic rings. The van der Waals surface area contributed by atoms with Gasteiger partial charge in [-0.25, -0.2) is 8.42 Å². The molecule has 0 fully saturated rings. The van der Waals surface area contributed by atoms with Crippen LogP contribution < -0.4 is 14.8 Å². The Kier molecular flexibility index (Phi) is 6.99. The molecule has 0 bridgehead atoms. The lowest BCUT2D eigenvalue weighted by Crippen LogP contribution is -2.53. The predicted octanol–water partition coefficient (Wildman–Crippen LogP) is 2.14. The molecule has 0 saturated heterocycles. The fraction of sp³-hybridized carbons (Fsp3) is 0.409. The van der Waals surface area contributed by atoms with Gasteiger partial charge in [0.05, 0.1) is 20.0 Å². The van der Waals surface area contributed by atoms with Gasteiger partial charge in [-0.15, -0.1) is 0 Å². The van der Waals surface area contributed by atoms with Crippen molar-refractivity contribution in [3.63, 3.8) is 0 Å². The molecule has 7 nitrogen and oxygen atoms in total. The van der Waals surface area contributed by atoms with Crippen LogP contribution >= 0.6 is 0 Å². The molecule has 162 valence electrons. The first kappa shape index (κ1) is 22.1. The highest BCUT2D eigenvalue weighted by Gasteiger charge is 2.37. The highest BCUT2D eigenvalue weighted by atomic mass is 32.2. The Bertz CT molecular complexity index is 1010. The molecule has 0 aromatic heterocycles. The Labute approximate surface area is 178 Å². The van der Waals surface area contributed by atoms with Crippen molar-refractivity contribution in [1.29, 1.82) is 0 Å². The molecule has 2 aromatic carbocycles. The minimum atomic E-state index is -3.51. The average Bonchev–Trinajstić information content (AvgIpc) is 2.77. The highest BCUT2D eigenvalue weighted by Crippen LogP contribution is 2.28. The quantitative estimate of drug-likeness (QED) is 0.691. The zero-order chi connectivity index (χ0) is 21.7. The van der Waals surface area contributed by atoms with Gasteiger partial charge in [0.15, 0.2) is 11.5 Å². The molecule has 1 N–H and O–H groups in total. The van der Waals surface area contributed by atoms with E-state index in [-0.39, 0.29) is 18.2 Å². The van der Waals surface area contributed by atoms with E-state index in [1.54, 1.807) is 21.1 Å². The van der Waals surface area contributed by atoms with Crippen LogP contribution in [0.5, 0.6) is 11.5 Å². The number of amides is 1. The molecule has 1 atom stereocenters. The van der Waals surface area contributed by atoms with Crippen LogP contribution in [0.1, 0.15) is 23.6 Å². The molecule has 0 aliphatic carbocycles. The molecule has 0 spiro atoms. The third-order valence-corrected chi connectivity index (χ3v) is 7.22. The number of hydrogen-bond acceptors (Lipinski definition) is 5.